The van der Waals surface area contributed by atoms with Crippen molar-refractivity contribution in [3.05, 3.63) is 59.4 Å². The largest absolute Gasteiger partial charge is 0.418 e. The minimum absolute atomic E-state index is 0.126. The van der Waals surface area contributed by atoms with Crippen LogP contribution in [0.4, 0.5) is 13.2 Å². The Hall–Kier alpha value is -1.93. The summed E-state index contributed by atoms with van der Waals surface area (Å²) < 4.78 is 68.1. The lowest BCUT2D eigenvalue weighted by molar-refractivity contribution is -0.139. The van der Waals surface area contributed by atoms with Crippen molar-refractivity contribution in [3.63, 3.8) is 0 Å². The molecule has 0 fully saturated rings. The van der Waals surface area contributed by atoms with E-state index in [2.05, 4.69) is 4.98 Å². The fourth-order valence-corrected chi connectivity index (χ4v) is 3.03. The van der Waals surface area contributed by atoms with Gasteiger partial charge in [0.2, 0.25) is 0 Å². The van der Waals surface area contributed by atoms with E-state index in [0.29, 0.717) is 0 Å². The van der Waals surface area contributed by atoms with Gasteiger partial charge in [-0.25, -0.2) is 0 Å². The number of hydrogen-bond acceptors (Lipinski definition) is 4. The van der Waals surface area contributed by atoms with Crippen LogP contribution >= 0.6 is 0 Å². The van der Waals surface area contributed by atoms with Gasteiger partial charge in [-0.05, 0) is 38.1 Å². The van der Waals surface area contributed by atoms with E-state index in [9.17, 15) is 21.6 Å². The van der Waals surface area contributed by atoms with Gasteiger partial charge in [-0.2, -0.15) is 21.6 Å². The van der Waals surface area contributed by atoms with Gasteiger partial charge in [-0.1, -0.05) is 17.7 Å². The van der Waals surface area contributed by atoms with Crippen molar-refractivity contribution in [1.82, 2.24) is 4.98 Å². The molecule has 0 aliphatic carbocycles. The van der Waals surface area contributed by atoms with E-state index < -0.39 is 33.7 Å². The zero-order chi connectivity index (χ0) is 17.3. The standard InChI is InChI=1S/C15H14F3NO3S/c1-10-5-7-12(8-6-10)23(20,21)22-11(2)14-13(15(16,17)18)4-3-9-19-14/h3-9,11H,1-2H3. The molecule has 1 heterocycles. The molecular weight excluding hydrogens is 331 g/mol. The van der Waals surface area contributed by atoms with E-state index in [-0.39, 0.29) is 4.90 Å². The fraction of sp³-hybridized carbons (Fsp3) is 0.267. The van der Waals surface area contributed by atoms with Gasteiger partial charge >= 0.3 is 6.18 Å². The van der Waals surface area contributed by atoms with E-state index in [1.54, 1.807) is 19.1 Å². The summed E-state index contributed by atoms with van der Waals surface area (Å²) in [6.07, 6.45) is -4.86. The molecule has 2 rings (SSSR count). The van der Waals surface area contributed by atoms with E-state index in [4.69, 9.17) is 4.18 Å². The quantitative estimate of drug-likeness (QED) is 0.789. The first kappa shape index (κ1) is 17.4. The Kier molecular flexibility index (Phi) is 4.76. The Morgan fingerprint density at radius 1 is 1.13 bits per heavy atom. The SMILES string of the molecule is Cc1ccc(S(=O)(=O)OC(C)c2ncccc2C(F)(F)F)cc1. The first-order chi connectivity index (χ1) is 10.6. The van der Waals surface area contributed by atoms with Gasteiger partial charge in [0.25, 0.3) is 10.1 Å². The number of alkyl halides is 3. The number of nitrogens with zero attached hydrogens (tertiary/aromatic N) is 1. The maximum absolute atomic E-state index is 13.0. The van der Waals surface area contributed by atoms with E-state index in [1.807, 2.05) is 0 Å². The molecule has 1 atom stereocenters. The molecule has 2 aromatic rings. The molecule has 0 amide bonds. The molecule has 1 aromatic carbocycles. The third-order valence-corrected chi connectivity index (χ3v) is 4.50. The monoisotopic (exact) mass is 345 g/mol. The number of pyridine rings is 1. The summed E-state index contributed by atoms with van der Waals surface area (Å²) in [5.41, 5.74) is -0.650. The molecule has 1 aromatic heterocycles. The minimum atomic E-state index is -4.64. The van der Waals surface area contributed by atoms with Gasteiger partial charge in [-0.3, -0.25) is 9.17 Å². The highest BCUT2D eigenvalue weighted by Gasteiger charge is 2.36. The molecule has 0 saturated heterocycles. The molecular formula is C15H14F3NO3S. The van der Waals surface area contributed by atoms with Crippen LogP contribution in [0.3, 0.4) is 0 Å². The molecule has 0 N–H and O–H groups in total. The van der Waals surface area contributed by atoms with Gasteiger partial charge in [-0.15, -0.1) is 0 Å². The number of aromatic nitrogens is 1. The van der Waals surface area contributed by atoms with Crippen LogP contribution in [0.2, 0.25) is 0 Å². The highest BCUT2D eigenvalue weighted by Crippen LogP contribution is 2.35. The third-order valence-electron chi connectivity index (χ3n) is 3.11. The smallest absolute Gasteiger partial charge is 0.258 e. The Labute approximate surface area is 132 Å². The summed E-state index contributed by atoms with van der Waals surface area (Å²) in [5.74, 6) is 0. The third kappa shape index (κ3) is 4.08. The van der Waals surface area contributed by atoms with Crippen LogP contribution in [-0.2, 0) is 20.5 Å². The number of benzene rings is 1. The average Bonchev–Trinajstić information content (AvgIpc) is 2.46. The van der Waals surface area contributed by atoms with Gasteiger partial charge in [0.15, 0.2) is 0 Å². The summed E-state index contributed by atoms with van der Waals surface area (Å²) in [7, 11) is -4.19. The van der Waals surface area contributed by atoms with Crippen LogP contribution in [0.5, 0.6) is 0 Å². The zero-order valence-electron chi connectivity index (χ0n) is 12.3. The summed E-state index contributed by atoms with van der Waals surface area (Å²) in [6.45, 7) is 2.99. The predicted octanol–water partition coefficient (Wildman–Crippen LogP) is 3.88. The number of hydrogen-bond donors (Lipinski definition) is 0. The Morgan fingerprint density at radius 3 is 2.30 bits per heavy atom. The Balaban J connectivity index is 2.32. The molecule has 4 nitrogen and oxygen atoms in total. The molecule has 0 radical (unpaired) electrons. The fourth-order valence-electron chi connectivity index (χ4n) is 1.98. The number of aryl methyl sites for hydroxylation is 1. The number of halogens is 3. The topological polar surface area (TPSA) is 56.3 Å². The maximum Gasteiger partial charge on any atom is 0.418 e. The summed E-state index contributed by atoms with van der Waals surface area (Å²) in [4.78, 5) is 3.50. The Bertz CT molecular complexity index is 786. The average molecular weight is 345 g/mol. The zero-order valence-corrected chi connectivity index (χ0v) is 13.1. The first-order valence-electron chi connectivity index (χ1n) is 6.63. The van der Waals surface area contributed by atoms with E-state index in [0.717, 1.165) is 23.9 Å². The molecule has 0 saturated carbocycles. The molecule has 0 bridgehead atoms. The van der Waals surface area contributed by atoms with Crippen LogP contribution in [0.25, 0.3) is 0 Å². The lowest BCUT2D eigenvalue weighted by Gasteiger charge is -2.17. The van der Waals surface area contributed by atoms with Crippen LogP contribution < -0.4 is 0 Å². The molecule has 0 aliphatic rings. The van der Waals surface area contributed by atoms with Gasteiger partial charge in [0, 0.05) is 6.20 Å². The van der Waals surface area contributed by atoms with Gasteiger partial charge in [0.05, 0.1) is 16.2 Å². The van der Waals surface area contributed by atoms with E-state index in [1.165, 1.54) is 19.1 Å². The van der Waals surface area contributed by atoms with Crippen LogP contribution in [0, 0.1) is 6.92 Å². The first-order valence-corrected chi connectivity index (χ1v) is 8.04. The maximum atomic E-state index is 13.0. The van der Waals surface area contributed by atoms with Crippen molar-refractivity contribution in [1.29, 1.82) is 0 Å². The molecule has 8 heteroatoms. The van der Waals surface area contributed by atoms with Crippen molar-refractivity contribution in [2.75, 3.05) is 0 Å². The molecule has 124 valence electrons. The second kappa shape index (κ2) is 6.29. The summed E-state index contributed by atoms with van der Waals surface area (Å²) in [5, 5.41) is 0. The molecule has 23 heavy (non-hydrogen) atoms. The summed E-state index contributed by atoms with van der Waals surface area (Å²) in [6, 6.07) is 7.78. The lowest BCUT2D eigenvalue weighted by Crippen LogP contribution is -2.17. The Morgan fingerprint density at radius 2 is 1.74 bits per heavy atom. The van der Waals surface area contributed by atoms with Gasteiger partial charge < -0.3 is 0 Å². The van der Waals surface area contributed by atoms with Crippen LogP contribution in [0.15, 0.2) is 47.5 Å². The predicted molar refractivity (Wildman–Crippen MR) is 77.1 cm³/mol. The van der Waals surface area contributed by atoms with Crippen molar-refractivity contribution in [3.8, 4) is 0 Å². The van der Waals surface area contributed by atoms with E-state index >= 15 is 0 Å². The molecule has 0 spiro atoms. The second-order valence-corrected chi connectivity index (χ2v) is 6.51. The van der Waals surface area contributed by atoms with Crippen LogP contribution in [-0.4, -0.2) is 13.4 Å². The van der Waals surface area contributed by atoms with Gasteiger partial charge in [0.1, 0.15) is 6.10 Å². The molecule has 1 unspecified atom stereocenters. The lowest BCUT2D eigenvalue weighted by atomic mass is 10.1. The second-order valence-electron chi connectivity index (χ2n) is 4.94. The van der Waals surface area contributed by atoms with Crippen molar-refractivity contribution >= 4 is 10.1 Å². The summed E-state index contributed by atoms with van der Waals surface area (Å²) >= 11 is 0. The van der Waals surface area contributed by atoms with Crippen molar-refractivity contribution in [2.45, 2.75) is 31.0 Å². The highest BCUT2D eigenvalue weighted by atomic mass is 32.2. The normalized spacial score (nSPS) is 13.8. The van der Waals surface area contributed by atoms with Crippen LogP contribution in [0.1, 0.15) is 29.8 Å². The van der Waals surface area contributed by atoms with Crippen molar-refractivity contribution < 1.29 is 25.8 Å². The molecule has 0 aliphatic heterocycles. The van der Waals surface area contributed by atoms with Crippen molar-refractivity contribution in [2.24, 2.45) is 0 Å². The minimum Gasteiger partial charge on any atom is -0.258 e. The number of rotatable bonds is 4. The highest BCUT2D eigenvalue weighted by molar-refractivity contribution is 7.86.